The van der Waals surface area contributed by atoms with Crippen LogP contribution in [0.2, 0.25) is 0 Å². The summed E-state index contributed by atoms with van der Waals surface area (Å²) in [5.74, 6) is -0.907. The van der Waals surface area contributed by atoms with Crippen molar-refractivity contribution in [2.45, 2.75) is 32.7 Å². The maximum Gasteiger partial charge on any atom is 0.261 e. The van der Waals surface area contributed by atoms with Crippen molar-refractivity contribution in [3.05, 3.63) is 70.3 Å². The Morgan fingerprint density at radius 1 is 0.935 bits per heavy atom. The van der Waals surface area contributed by atoms with E-state index in [0.29, 0.717) is 23.2 Å². The lowest BCUT2D eigenvalue weighted by atomic mass is 10.1. The van der Waals surface area contributed by atoms with Crippen molar-refractivity contribution in [3.8, 4) is 0 Å². The van der Waals surface area contributed by atoms with Crippen LogP contribution in [0, 0.1) is 6.92 Å². The number of carbonyl (C=O) groups excluding carboxylic acids is 4. The minimum absolute atomic E-state index is 0.0377. The fourth-order valence-corrected chi connectivity index (χ4v) is 3.98. The standard InChI is InChI=1S/C24H25N3O4/c1-16-4-9-19-20(14-16)24(31)27(23(19)30)13-10-21(28)25-15-17-5-7-18(8-6-17)22(29)26-11-2-3-12-26/h4-9,14H,2-3,10-13,15H2,1H3,(H,25,28). The molecule has 4 rings (SSSR count). The Labute approximate surface area is 181 Å². The summed E-state index contributed by atoms with van der Waals surface area (Å²) in [6, 6.07) is 12.4. The van der Waals surface area contributed by atoms with Crippen molar-refractivity contribution >= 4 is 23.6 Å². The van der Waals surface area contributed by atoms with Crippen LogP contribution >= 0.6 is 0 Å². The molecule has 2 aliphatic rings. The van der Waals surface area contributed by atoms with Crippen LogP contribution in [0.1, 0.15) is 61.5 Å². The van der Waals surface area contributed by atoms with Crippen LogP contribution < -0.4 is 5.32 Å². The number of nitrogens with zero attached hydrogens (tertiary/aromatic N) is 2. The van der Waals surface area contributed by atoms with E-state index < -0.39 is 0 Å². The zero-order chi connectivity index (χ0) is 22.0. The lowest BCUT2D eigenvalue weighted by Crippen LogP contribution is -2.34. The van der Waals surface area contributed by atoms with Crippen LogP contribution in [0.3, 0.4) is 0 Å². The predicted octanol–water partition coefficient (Wildman–Crippen LogP) is 2.53. The third kappa shape index (κ3) is 4.35. The van der Waals surface area contributed by atoms with Gasteiger partial charge in [-0.1, -0.05) is 23.8 Å². The number of likely N-dealkylation sites (tertiary alicyclic amines) is 1. The molecule has 1 N–H and O–H groups in total. The van der Waals surface area contributed by atoms with Gasteiger partial charge in [-0.05, 0) is 49.6 Å². The molecular formula is C24H25N3O4. The van der Waals surface area contributed by atoms with Crippen LogP contribution in [-0.2, 0) is 11.3 Å². The van der Waals surface area contributed by atoms with Gasteiger partial charge in [-0.25, -0.2) is 0 Å². The van der Waals surface area contributed by atoms with E-state index in [0.717, 1.165) is 42.0 Å². The number of hydrogen-bond donors (Lipinski definition) is 1. The Balaban J connectivity index is 1.27. The van der Waals surface area contributed by atoms with Gasteiger partial charge >= 0.3 is 0 Å². The molecule has 2 aromatic rings. The van der Waals surface area contributed by atoms with Crippen molar-refractivity contribution in [2.75, 3.05) is 19.6 Å². The monoisotopic (exact) mass is 419 g/mol. The summed E-state index contributed by atoms with van der Waals surface area (Å²) in [5.41, 5.74) is 3.22. The Bertz CT molecular complexity index is 1040. The molecule has 160 valence electrons. The number of hydrogen-bond acceptors (Lipinski definition) is 4. The molecule has 0 aliphatic carbocycles. The van der Waals surface area contributed by atoms with Gasteiger partial charge in [0.05, 0.1) is 11.1 Å². The van der Waals surface area contributed by atoms with Gasteiger partial charge in [0.2, 0.25) is 5.91 Å². The largest absolute Gasteiger partial charge is 0.352 e. The van der Waals surface area contributed by atoms with Gasteiger partial charge in [-0.3, -0.25) is 24.1 Å². The van der Waals surface area contributed by atoms with Gasteiger partial charge < -0.3 is 10.2 Å². The zero-order valence-electron chi connectivity index (χ0n) is 17.5. The highest BCUT2D eigenvalue weighted by molar-refractivity contribution is 6.21. The molecule has 0 unspecified atom stereocenters. The van der Waals surface area contributed by atoms with Crippen molar-refractivity contribution < 1.29 is 19.2 Å². The van der Waals surface area contributed by atoms with E-state index in [4.69, 9.17) is 0 Å². The van der Waals surface area contributed by atoms with Crippen LogP contribution in [0.5, 0.6) is 0 Å². The van der Waals surface area contributed by atoms with Crippen LogP contribution in [0.25, 0.3) is 0 Å². The third-order valence-electron chi connectivity index (χ3n) is 5.77. The molecule has 2 aliphatic heterocycles. The lowest BCUT2D eigenvalue weighted by Gasteiger charge is -2.15. The highest BCUT2D eigenvalue weighted by atomic mass is 16.2. The number of nitrogens with one attached hydrogen (secondary N) is 1. The number of aryl methyl sites for hydroxylation is 1. The van der Waals surface area contributed by atoms with Crippen molar-refractivity contribution in [3.63, 3.8) is 0 Å². The molecule has 0 spiro atoms. The summed E-state index contributed by atoms with van der Waals surface area (Å²) in [7, 11) is 0. The number of fused-ring (bicyclic) bond motifs is 1. The van der Waals surface area contributed by atoms with Gasteiger partial charge in [0.25, 0.3) is 17.7 Å². The normalized spacial score (nSPS) is 15.4. The van der Waals surface area contributed by atoms with Crippen molar-refractivity contribution in [1.82, 2.24) is 15.1 Å². The number of carbonyl (C=O) groups is 4. The Kier molecular flexibility index (Phi) is 5.84. The van der Waals surface area contributed by atoms with E-state index in [1.165, 1.54) is 0 Å². The van der Waals surface area contributed by atoms with E-state index in [2.05, 4.69) is 5.32 Å². The summed E-state index contributed by atoms with van der Waals surface area (Å²) < 4.78 is 0. The second kappa shape index (κ2) is 8.71. The third-order valence-corrected chi connectivity index (χ3v) is 5.77. The molecular weight excluding hydrogens is 394 g/mol. The molecule has 7 nitrogen and oxygen atoms in total. The van der Waals surface area contributed by atoms with Gasteiger partial charge in [-0.15, -0.1) is 0 Å². The van der Waals surface area contributed by atoms with E-state index in [-0.39, 0.29) is 36.6 Å². The van der Waals surface area contributed by atoms with Crippen LogP contribution in [0.15, 0.2) is 42.5 Å². The fourth-order valence-electron chi connectivity index (χ4n) is 3.98. The molecule has 0 bridgehead atoms. The first-order valence-corrected chi connectivity index (χ1v) is 10.6. The average molecular weight is 419 g/mol. The number of imide groups is 1. The number of benzene rings is 2. The first-order chi connectivity index (χ1) is 14.9. The van der Waals surface area contributed by atoms with Gasteiger partial charge in [0, 0.05) is 38.2 Å². The first-order valence-electron chi connectivity index (χ1n) is 10.6. The second-order valence-corrected chi connectivity index (χ2v) is 8.03. The minimum atomic E-state index is -0.356. The molecule has 4 amide bonds. The molecule has 2 heterocycles. The fraction of sp³-hybridized carbons (Fsp3) is 0.333. The maximum atomic E-state index is 12.5. The molecule has 0 aromatic heterocycles. The topological polar surface area (TPSA) is 86.8 Å². The number of rotatable bonds is 6. The van der Waals surface area contributed by atoms with Gasteiger partial charge in [0.15, 0.2) is 0 Å². The molecule has 0 radical (unpaired) electrons. The minimum Gasteiger partial charge on any atom is -0.352 e. The molecule has 0 atom stereocenters. The van der Waals surface area contributed by atoms with E-state index >= 15 is 0 Å². The average Bonchev–Trinajstić information content (AvgIpc) is 3.39. The van der Waals surface area contributed by atoms with E-state index in [1.54, 1.807) is 30.3 Å². The summed E-state index contributed by atoms with van der Waals surface area (Å²) in [6.45, 7) is 3.84. The zero-order valence-corrected chi connectivity index (χ0v) is 17.5. The Morgan fingerprint density at radius 2 is 1.61 bits per heavy atom. The summed E-state index contributed by atoms with van der Waals surface area (Å²) >= 11 is 0. The van der Waals surface area contributed by atoms with Crippen molar-refractivity contribution in [1.29, 1.82) is 0 Å². The molecule has 7 heteroatoms. The quantitative estimate of drug-likeness (QED) is 0.729. The molecule has 1 saturated heterocycles. The number of amides is 4. The highest BCUT2D eigenvalue weighted by Gasteiger charge is 2.35. The predicted molar refractivity (Wildman–Crippen MR) is 115 cm³/mol. The molecule has 2 aromatic carbocycles. The lowest BCUT2D eigenvalue weighted by molar-refractivity contribution is -0.121. The SMILES string of the molecule is Cc1ccc2c(c1)C(=O)N(CCC(=O)NCc1ccc(C(=O)N3CCCC3)cc1)C2=O. The highest BCUT2D eigenvalue weighted by Crippen LogP contribution is 2.24. The molecule has 0 saturated carbocycles. The van der Waals surface area contributed by atoms with Gasteiger partial charge in [0.1, 0.15) is 0 Å². The maximum absolute atomic E-state index is 12.5. The Hall–Kier alpha value is -3.48. The second-order valence-electron chi connectivity index (χ2n) is 8.03. The van der Waals surface area contributed by atoms with E-state index in [1.807, 2.05) is 24.0 Å². The Morgan fingerprint density at radius 3 is 2.32 bits per heavy atom. The van der Waals surface area contributed by atoms with E-state index in [9.17, 15) is 19.2 Å². The van der Waals surface area contributed by atoms with Crippen LogP contribution in [-0.4, -0.2) is 53.1 Å². The summed E-state index contributed by atoms with van der Waals surface area (Å²) in [6.07, 6.45) is 2.14. The summed E-state index contributed by atoms with van der Waals surface area (Å²) in [4.78, 5) is 52.5. The molecule has 1 fully saturated rings. The van der Waals surface area contributed by atoms with Crippen LogP contribution in [0.4, 0.5) is 0 Å². The smallest absolute Gasteiger partial charge is 0.261 e. The van der Waals surface area contributed by atoms with Crippen molar-refractivity contribution in [2.24, 2.45) is 0 Å². The molecule has 31 heavy (non-hydrogen) atoms. The summed E-state index contributed by atoms with van der Waals surface area (Å²) in [5, 5.41) is 2.80. The van der Waals surface area contributed by atoms with Gasteiger partial charge in [-0.2, -0.15) is 0 Å². The first kappa shape index (κ1) is 20.8.